The van der Waals surface area contributed by atoms with Crippen LogP contribution in [0.5, 0.6) is 0 Å². The number of furan rings is 1. The molecular formula is C62H40N2O. The molecule has 3 nitrogen and oxygen atoms in total. The average molecular weight is 829 g/mol. The Morgan fingerprint density at radius 3 is 1.68 bits per heavy atom. The van der Waals surface area contributed by atoms with Crippen LogP contribution in [0.4, 0.5) is 17.1 Å². The molecule has 13 rings (SSSR count). The van der Waals surface area contributed by atoms with Gasteiger partial charge in [-0.1, -0.05) is 158 Å². The second kappa shape index (κ2) is 15.0. The molecule has 0 spiro atoms. The summed E-state index contributed by atoms with van der Waals surface area (Å²) in [5.41, 5.74) is 15.4. The number of benzene rings is 11. The number of rotatable bonds is 7. The van der Waals surface area contributed by atoms with Crippen molar-refractivity contribution in [3.63, 3.8) is 0 Å². The number of hydrogen-bond acceptors (Lipinski definition) is 2. The van der Waals surface area contributed by atoms with Crippen LogP contribution in [-0.4, -0.2) is 4.57 Å². The lowest BCUT2D eigenvalue weighted by Gasteiger charge is -2.28. The molecule has 0 fully saturated rings. The molecular weight excluding hydrogens is 789 g/mol. The minimum atomic E-state index is 0.882. The van der Waals surface area contributed by atoms with Gasteiger partial charge < -0.3 is 13.9 Å². The number of hydrogen-bond donors (Lipinski definition) is 0. The summed E-state index contributed by atoms with van der Waals surface area (Å²) in [6, 6.07) is 87.9. The van der Waals surface area contributed by atoms with Gasteiger partial charge in [-0.05, 0) is 134 Å². The fraction of sp³-hybridized carbons (Fsp3) is 0. The van der Waals surface area contributed by atoms with Crippen molar-refractivity contribution in [1.82, 2.24) is 4.57 Å². The monoisotopic (exact) mass is 828 g/mol. The van der Waals surface area contributed by atoms with Gasteiger partial charge in [-0.15, -0.1) is 0 Å². The zero-order valence-corrected chi connectivity index (χ0v) is 35.4. The van der Waals surface area contributed by atoms with Crippen LogP contribution in [0.15, 0.2) is 247 Å². The maximum Gasteiger partial charge on any atom is 0.136 e. The number of nitrogens with zero attached hydrogens (tertiary/aromatic N) is 2. The van der Waals surface area contributed by atoms with E-state index in [2.05, 4.69) is 252 Å². The molecule has 2 heterocycles. The van der Waals surface area contributed by atoms with Gasteiger partial charge in [0.2, 0.25) is 0 Å². The highest BCUT2D eigenvalue weighted by Crippen LogP contribution is 2.44. The van der Waals surface area contributed by atoms with Gasteiger partial charge in [0.15, 0.2) is 0 Å². The summed E-state index contributed by atoms with van der Waals surface area (Å²) in [6.45, 7) is 0. The molecule has 11 aromatic carbocycles. The first kappa shape index (κ1) is 36.9. The standard InChI is InChI=1S/C62H40N2O/c1-2-14-43-36-48(28-27-41(43)13-1)45-18-11-17-44(35-45)42-29-32-50(33-30-42)63(51-19-12-20-52(40-51)64-59-25-9-6-22-54(59)55-23-7-10-26-60(55)64)58-24-8-5-21-53(58)49-31-34-61-56(38-49)57-37-46-15-3-4-16-47(46)39-62(57)65-61/h1-40H. The van der Waals surface area contributed by atoms with E-state index in [1.54, 1.807) is 0 Å². The van der Waals surface area contributed by atoms with Gasteiger partial charge in [0, 0.05) is 44.2 Å². The lowest BCUT2D eigenvalue weighted by Crippen LogP contribution is -2.11. The van der Waals surface area contributed by atoms with Crippen LogP contribution in [0.25, 0.3) is 104 Å². The summed E-state index contributed by atoms with van der Waals surface area (Å²) in [4.78, 5) is 2.41. The molecule has 0 saturated carbocycles. The fourth-order valence-corrected chi connectivity index (χ4v) is 9.99. The molecule has 3 heteroatoms. The van der Waals surface area contributed by atoms with Crippen molar-refractivity contribution in [1.29, 1.82) is 0 Å². The first-order valence-electron chi connectivity index (χ1n) is 22.2. The normalized spacial score (nSPS) is 11.7. The van der Waals surface area contributed by atoms with E-state index >= 15 is 0 Å². The van der Waals surface area contributed by atoms with Crippen LogP contribution in [-0.2, 0) is 0 Å². The second-order valence-electron chi connectivity index (χ2n) is 16.9. The highest BCUT2D eigenvalue weighted by atomic mass is 16.3. The Kier molecular flexibility index (Phi) is 8.53. The topological polar surface area (TPSA) is 21.3 Å². The van der Waals surface area contributed by atoms with E-state index in [1.165, 1.54) is 60.0 Å². The van der Waals surface area contributed by atoms with E-state index in [1.807, 2.05) is 0 Å². The van der Waals surface area contributed by atoms with Gasteiger partial charge in [0.25, 0.3) is 0 Å². The minimum absolute atomic E-state index is 0.882. The Bertz CT molecular complexity index is 3910. The van der Waals surface area contributed by atoms with Gasteiger partial charge >= 0.3 is 0 Å². The van der Waals surface area contributed by atoms with E-state index in [9.17, 15) is 0 Å². The van der Waals surface area contributed by atoms with E-state index in [4.69, 9.17) is 4.42 Å². The minimum Gasteiger partial charge on any atom is -0.456 e. The van der Waals surface area contributed by atoms with Crippen molar-refractivity contribution < 1.29 is 4.42 Å². The molecule has 2 aromatic heterocycles. The molecule has 0 aliphatic carbocycles. The Morgan fingerprint density at radius 2 is 0.892 bits per heavy atom. The molecule has 0 aliphatic heterocycles. The second-order valence-corrected chi connectivity index (χ2v) is 16.9. The van der Waals surface area contributed by atoms with Crippen LogP contribution < -0.4 is 4.90 Å². The quantitative estimate of drug-likeness (QED) is 0.160. The summed E-state index contributed by atoms with van der Waals surface area (Å²) in [6.07, 6.45) is 0. The first-order chi connectivity index (χ1) is 32.2. The molecule has 304 valence electrons. The zero-order valence-electron chi connectivity index (χ0n) is 35.4. The lowest BCUT2D eigenvalue weighted by atomic mass is 9.97. The van der Waals surface area contributed by atoms with E-state index in [0.717, 1.165) is 61.4 Å². The number of anilines is 3. The SMILES string of the molecule is c1cc(-c2ccc(N(c3cccc(-n4c5ccccc5c5ccccc54)c3)c3ccccc3-c3ccc4oc5cc6ccccc6cc5c4c3)cc2)cc(-c2ccc3ccccc3c2)c1. The van der Waals surface area contributed by atoms with Crippen molar-refractivity contribution in [2.45, 2.75) is 0 Å². The number of aromatic nitrogens is 1. The van der Waals surface area contributed by atoms with Crippen molar-refractivity contribution in [3.8, 4) is 39.1 Å². The van der Waals surface area contributed by atoms with Crippen molar-refractivity contribution in [2.24, 2.45) is 0 Å². The molecule has 0 saturated heterocycles. The number of para-hydroxylation sites is 3. The molecule has 13 aromatic rings. The van der Waals surface area contributed by atoms with Gasteiger partial charge in [-0.3, -0.25) is 0 Å². The summed E-state index contributed by atoms with van der Waals surface area (Å²) in [5, 5.41) is 9.58. The van der Waals surface area contributed by atoms with Crippen LogP contribution in [0.1, 0.15) is 0 Å². The zero-order chi connectivity index (χ0) is 42.8. The van der Waals surface area contributed by atoms with Crippen LogP contribution >= 0.6 is 0 Å². The maximum atomic E-state index is 6.46. The third-order valence-corrected chi connectivity index (χ3v) is 13.1. The van der Waals surface area contributed by atoms with Crippen molar-refractivity contribution >= 4 is 82.4 Å². The van der Waals surface area contributed by atoms with Crippen LogP contribution in [0.3, 0.4) is 0 Å². The van der Waals surface area contributed by atoms with E-state index in [0.29, 0.717) is 0 Å². The van der Waals surface area contributed by atoms with Gasteiger partial charge in [0.05, 0.1) is 16.7 Å². The van der Waals surface area contributed by atoms with Crippen molar-refractivity contribution in [2.75, 3.05) is 4.90 Å². The molecule has 0 aliphatic rings. The molecule has 65 heavy (non-hydrogen) atoms. The molecule has 0 N–H and O–H groups in total. The Morgan fingerprint density at radius 1 is 0.308 bits per heavy atom. The highest BCUT2D eigenvalue weighted by molar-refractivity contribution is 6.12. The third-order valence-electron chi connectivity index (χ3n) is 13.1. The van der Waals surface area contributed by atoms with Gasteiger partial charge in [-0.25, -0.2) is 0 Å². The van der Waals surface area contributed by atoms with Gasteiger partial charge in [0.1, 0.15) is 11.2 Å². The Hall–Kier alpha value is -8.66. The highest BCUT2D eigenvalue weighted by Gasteiger charge is 2.20. The van der Waals surface area contributed by atoms with Crippen LogP contribution in [0.2, 0.25) is 0 Å². The maximum absolute atomic E-state index is 6.46. The van der Waals surface area contributed by atoms with Crippen LogP contribution in [0, 0.1) is 0 Å². The Labute approximate surface area is 376 Å². The summed E-state index contributed by atoms with van der Waals surface area (Å²) in [7, 11) is 0. The number of fused-ring (bicyclic) bond motifs is 8. The molecule has 0 unspecified atom stereocenters. The van der Waals surface area contributed by atoms with E-state index in [-0.39, 0.29) is 0 Å². The lowest BCUT2D eigenvalue weighted by molar-refractivity contribution is 0.669. The summed E-state index contributed by atoms with van der Waals surface area (Å²) in [5.74, 6) is 0. The molecule has 0 bridgehead atoms. The first-order valence-corrected chi connectivity index (χ1v) is 22.2. The predicted molar refractivity (Wildman–Crippen MR) is 274 cm³/mol. The average Bonchev–Trinajstić information content (AvgIpc) is 3.91. The van der Waals surface area contributed by atoms with Crippen molar-refractivity contribution in [3.05, 3.63) is 243 Å². The Balaban J connectivity index is 0.961. The molecule has 0 amide bonds. The largest absolute Gasteiger partial charge is 0.456 e. The fourth-order valence-electron chi connectivity index (χ4n) is 9.99. The predicted octanol–water partition coefficient (Wildman–Crippen LogP) is 17.5. The molecule has 0 atom stereocenters. The summed E-state index contributed by atoms with van der Waals surface area (Å²) < 4.78 is 8.86. The smallest absolute Gasteiger partial charge is 0.136 e. The third kappa shape index (κ3) is 6.28. The van der Waals surface area contributed by atoms with Gasteiger partial charge in [-0.2, -0.15) is 0 Å². The van der Waals surface area contributed by atoms with E-state index < -0.39 is 0 Å². The molecule has 0 radical (unpaired) electrons. The summed E-state index contributed by atoms with van der Waals surface area (Å²) >= 11 is 0.